The van der Waals surface area contributed by atoms with Gasteiger partial charge < -0.3 is 10.6 Å². The molecule has 0 radical (unpaired) electrons. The molecule has 0 aliphatic rings. The minimum Gasteiger partial charge on any atom is -0.356 e. The Morgan fingerprint density at radius 3 is 2.62 bits per heavy atom. The standard InChI is InChI=1S/C21H26N4S/c1-14(18-10-9-17-7-5-6-8-19(17)13-18)25-21(22-4)23-12-11-20-15(2)24-16(3)26-20/h5-10,13-14H,11-12H2,1-4H3,(H2,22,23,25). The van der Waals surface area contributed by atoms with E-state index in [1.807, 2.05) is 7.05 Å². The Morgan fingerprint density at radius 2 is 1.92 bits per heavy atom. The number of guanidine groups is 1. The molecule has 1 heterocycles. The molecule has 0 saturated carbocycles. The van der Waals surface area contributed by atoms with E-state index in [1.54, 1.807) is 11.3 Å². The van der Waals surface area contributed by atoms with Crippen LogP contribution in [0.4, 0.5) is 0 Å². The molecule has 26 heavy (non-hydrogen) atoms. The van der Waals surface area contributed by atoms with Gasteiger partial charge in [0.2, 0.25) is 0 Å². The Labute approximate surface area is 159 Å². The maximum atomic E-state index is 4.49. The Kier molecular flexibility index (Phi) is 5.89. The fraction of sp³-hybridized carbons (Fsp3) is 0.333. The number of nitrogens with zero attached hydrogens (tertiary/aromatic N) is 2. The van der Waals surface area contributed by atoms with E-state index in [9.17, 15) is 0 Å². The molecule has 2 aromatic carbocycles. The lowest BCUT2D eigenvalue weighted by Crippen LogP contribution is -2.39. The highest BCUT2D eigenvalue weighted by atomic mass is 32.1. The number of hydrogen-bond donors (Lipinski definition) is 2. The van der Waals surface area contributed by atoms with Crippen molar-refractivity contribution in [1.82, 2.24) is 15.6 Å². The van der Waals surface area contributed by atoms with Crippen molar-refractivity contribution in [3.63, 3.8) is 0 Å². The number of aromatic nitrogens is 1. The second kappa shape index (κ2) is 8.32. The van der Waals surface area contributed by atoms with E-state index in [4.69, 9.17) is 0 Å². The maximum absolute atomic E-state index is 4.49. The fourth-order valence-electron chi connectivity index (χ4n) is 3.06. The van der Waals surface area contributed by atoms with E-state index in [2.05, 4.69) is 83.8 Å². The third-order valence-corrected chi connectivity index (χ3v) is 5.63. The monoisotopic (exact) mass is 366 g/mol. The van der Waals surface area contributed by atoms with Crippen LogP contribution in [0.15, 0.2) is 47.5 Å². The van der Waals surface area contributed by atoms with Crippen molar-refractivity contribution < 1.29 is 0 Å². The van der Waals surface area contributed by atoms with Gasteiger partial charge in [0.1, 0.15) is 0 Å². The highest BCUT2D eigenvalue weighted by Gasteiger charge is 2.09. The van der Waals surface area contributed by atoms with Gasteiger partial charge in [-0.25, -0.2) is 4.98 Å². The summed E-state index contributed by atoms with van der Waals surface area (Å²) in [7, 11) is 1.81. The number of benzene rings is 2. The van der Waals surface area contributed by atoms with Crippen LogP contribution in [0.2, 0.25) is 0 Å². The van der Waals surface area contributed by atoms with E-state index >= 15 is 0 Å². The Balaban J connectivity index is 1.59. The van der Waals surface area contributed by atoms with Gasteiger partial charge in [0.25, 0.3) is 0 Å². The molecule has 1 atom stereocenters. The lowest BCUT2D eigenvalue weighted by molar-refractivity contribution is 0.685. The van der Waals surface area contributed by atoms with Gasteiger partial charge in [-0.15, -0.1) is 11.3 Å². The molecule has 0 aliphatic carbocycles. The van der Waals surface area contributed by atoms with Gasteiger partial charge >= 0.3 is 0 Å². The molecule has 4 nitrogen and oxygen atoms in total. The molecule has 136 valence electrons. The predicted octanol–water partition coefficient (Wildman–Crippen LogP) is 4.38. The van der Waals surface area contributed by atoms with Crippen molar-refractivity contribution >= 4 is 28.1 Å². The van der Waals surface area contributed by atoms with Crippen LogP contribution in [0.25, 0.3) is 10.8 Å². The van der Waals surface area contributed by atoms with Gasteiger partial charge in [-0.1, -0.05) is 36.4 Å². The number of aliphatic imine (C=N–C) groups is 1. The largest absolute Gasteiger partial charge is 0.356 e. The summed E-state index contributed by atoms with van der Waals surface area (Å²) in [5.74, 6) is 0.824. The summed E-state index contributed by atoms with van der Waals surface area (Å²) < 4.78 is 0. The van der Waals surface area contributed by atoms with Crippen LogP contribution < -0.4 is 10.6 Å². The van der Waals surface area contributed by atoms with E-state index in [1.165, 1.54) is 21.2 Å². The van der Waals surface area contributed by atoms with Crippen LogP contribution in [0.5, 0.6) is 0 Å². The zero-order valence-electron chi connectivity index (χ0n) is 15.8. The van der Waals surface area contributed by atoms with Crippen molar-refractivity contribution in [1.29, 1.82) is 0 Å². The molecule has 3 aromatic rings. The quantitative estimate of drug-likeness (QED) is 0.520. The molecule has 2 N–H and O–H groups in total. The number of hydrogen-bond acceptors (Lipinski definition) is 3. The van der Waals surface area contributed by atoms with Gasteiger partial charge in [-0.2, -0.15) is 0 Å². The average Bonchev–Trinajstić information content (AvgIpc) is 2.97. The van der Waals surface area contributed by atoms with Crippen molar-refractivity contribution in [3.05, 3.63) is 63.6 Å². The molecule has 5 heteroatoms. The van der Waals surface area contributed by atoms with Crippen molar-refractivity contribution in [3.8, 4) is 0 Å². The van der Waals surface area contributed by atoms with Crippen LogP contribution >= 0.6 is 11.3 Å². The van der Waals surface area contributed by atoms with E-state index in [-0.39, 0.29) is 6.04 Å². The van der Waals surface area contributed by atoms with Crippen molar-refractivity contribution in [2.75, 3.05) is 13.6 Å². The molecule has 0 fully saturated rings. The maximum Gasteiger partial charge on any atom is 0.191 e. The fourth-order valence-corrected chi connectivity index (χ4v) is 4.00. The summed E-state index contributed by atoms with van der Waals surface area (Å²) >= 11 is 1.77. The highest BCUT2D eigenvalue weighted by Crippen LogP contribution is 2.20. The molecule has 0 bridgehead atoms. The summed E-state index contributed by atoms with van der Waals surface area (Å²) in [6, 6.07) is 15.2. The second-order valence-corrected chi connectivity index (χ2v) is 7.75. The minimum absolute atomic E-state index is 0.179. The van der Waals surface area contributed by atoms with Crippen LogP contribution in [0.3, 0.4) is 0 Å². The first kappa shape index (κ1) is 18.4. The lowest BCUT2D eigenvalue weighted by atomic mass is 10.0. The summed E-state index contributed by atoms with van der Waals surface area (Å²) in [6.45, 7) is 7.13. The Morgan fingerprint density at radius 1 is 1.15 bits per heavy atom. The van der Waals surface area contributed by atoms with Crippen LogP contribution in [0, 0.1) is 13.8 Å². The van der Waals surface area contributed by atoms with Crippen molar-refractivity contribution in [2.24, 2.45) is 4.99 Å². The zero-order valence-corrected chi connectivity index (χ0v) is 16.7. The molecular weight excluding hydrogens is 340 g/mol. The molecule has 3 rings (SSSR count). The number of fused-ring (bicyclic) bond motifs is 1. The van der Waals surface area contributed by atoms with Crippen LogP contribution in [-0.4, -0.2) is 24.5 Å². The SMILES string of the molecule is CN=C(NCCc1sc(C)nc1C)NC(C)c1ccc2ccccc2c1. The van der Waals surface area contributed by atoms with Gasteiger partial charge in [-0.05, 0) is 43.2 Å². The summed E-state index contributed by atoms with van der Waals surface area (Å²) in [5, 5.41) is 10.5. The zero-order chi connectivity index (χ0) is 18.5. The first-order valence-electron chi connectivity index (χ1n) is 8.95. The first-order chi connectivity index (χ1) is 12.6. The first-order valence-corrected chi connectivity index (χ1v) is 9.77. The summed E-state index contributed by atoms with van der Waals surface area (Å²) in [4.78, 5) is 10.2. The summed E-state index contributed by atoms with van der Waals surface area (Å²) in [6.07, 6.45) is 0.961. The minimum atomic E-state index is 0.179. The van der Waals surface area contributed by atoms with Crippen LogP contribution in [0.1, 0.15) is 34.1 Å². The number of nitrogens with one attached hydrogen (secondary N) is 2. The molecule has 0 aliphatic heterocycles. The third-order valence-electron chi connectivity index (χ3n) is 4.49. The molecule has 1 unspecified atom stereocenters. The predicted molar refractivity (Wildman–Crippen MR) is 112 cm³/mol. The van der Waals surface area contributed by atoms with E-state index in [0.29, 0.717) is 0 Å². The van der Waals surface area contributed by atoms with Gasteiger partial charge in [0.05, 0.1) is 16.7 Å². The Bertz CT molecular complexity index is 913. The van der Waals surface area contributed by atoms with Gasteiger partial charge in [-0.3, -0.25) is 4.99 Å². The topological polar surface area (TPSA) is 49.3 Å². The molecular formula is C21H26N4S. The highest BCUT2D eigenvalue weighted by molar-refractivity contribution is 7.11. The molecule has 0 saturated heterocycles. The third kappa shape index (κ3) is 4.41. The molecule has 0 amide bonds. The molecule has 1 aromatic heterocycles. The van der Waals surface area contributed by atoms with Gasteiger partial charge in [0.15, 0.2) is 5.96 Å². The van der Waals surface area contributed by atoms with E-state index < -0.39 is 0 Å². The number of aryl methyl sites for hydroxylation is 2. The number of rotatable bonds is 5. The van der Waals surface area contributed by atoms with Crippen molar-refractivity contribution in [2.45, 2.75) is 33.2 Å². The van der Waals surface area contributed by atoms with Crippen LogP contribution in [-0.2, 0) is 6.42 Å². The smallest absolute Gasteiger partial charge is 0.191 e. The Hall–Kier alpha value is -2.40. The van der Waals surface area contributed by atoms with Gasteiger partial charge in [0, 0.05) is 24.9 Å². The normalized spacial score (nSPS) is 13.0. The molecule has 0 spiro atoms. The average molecular weight is 367 g/mol. The second-order valence-electron chi connectivity index (χ2n) is 6.46. The van der Waals surface area contributed by atoms with E-state index in [0.717, 1.165) is 29.6 Å². The summed E-state index contributed by atoms with van der Waals surface area (Å²) in [5.41, 5.74) is 2.39. The number of thiazole rings is 1. The lowest BCUT2D eigenvalue weighted by Gasteiger charge is -2.18.